The van der Waals surface area contributed by atoms with E-state index in [1.54, 1.807) is 14.2 Å². The van der Waals surface area contributed by atoms with Crippen molar-refractivity contribution in [2.45, 2.75) is 32.6 Å². The van der Waals surface area contributed by atoms with E-state index in [9.17, 15) is 0 Å². The minimum Gasteiger partial charge on any atom is -0.493 e. The van der Waals surface area contributed by atoms with Gasteiger partial charge in [-0.25, -0.2) is 0 Å². The maximum Gasteiger partial charge on any atom is 0.195 e. The molecule has 1 aromatic carbocycles. The van der Waals surface area contributed by atoms with E-state index in [1.165, 1.54) is 38.8 Å². The third-order valence-corrected chi connectivity index (χ3v) is 4.37. The predicted molar refractivity (Wildman–Crippen MR) is 104 cm³/mol. The van der Waals surface area contributed by atoms with E-state index in [0.717, 1.165) is 30.5 Å². The van der Waals surface area contributed by atoms with Gasteiger partial charge in [0.15, 0.2) is 17.5 Å². The van der Waals surface area contributed by atoms with Crippen LogP contribution in [-0.2, 0) is 0 Å². The third kappa shape index (κ3) is 6.46. The van der Waals surface area contributed by atoms with Crippen molar-refractivity contribution >= 4 is 11.6 Å². The maximum atomic E-state index is 5.55. The van der Waals surface area contributed by atoms with E-state index >= 15 is 0 Å². The molecule has 2 rings (SSSR count). The number of nitrogens with zero attached hydrogens (tertiary/aromatic N) is 2. The molecule has 0 saturated carbocycles. The largest absolute Gasteiger partial charge is 0.493 e. The van der Waals surface area contributed by atoms with E-state index in [1.807, 2.05) is 25.1 Å². The van der Waals surface area contributed by atoms with Gasteiger partial charge < -0.3 is 25.0 Å². The molecule has 140 valence electrons. The van der Waals surface area contributed by atoms with Crippen LogP contribution in [0.1, 0.15) is 32.6 Å². The molecule has 0 radical (unpaired) electrons. The fourth-order valence-electron chi connectivity index (χ4n) is 3.03. The number of guanidine groups is 1. The Labute approximate surface area is 151 Å². The average molecular weight is 348 g/mol. The minimum absolute atomic E-state index is 0.614. The van der Waals surface area contributed by atoms with Crippen molar-refractivity contribution in [3.63, 3.8) is 0 Å². The van der Waals surface area contributed by atoms with Gasteiger partial charge in [-0.05, 0) is 45.0 Å². The number of likely N-dealkylation sites (tertiary alicyclic amines) is 1. The molecule has 0 atom stereocenters. The number of anilines is 1. The SMILES string of the molecule is CCOc1ccc(NC(=NC)NCCN2CCCCCC2)cc1OC. The summed E-state index contributed by atoms with van der Waals surface area (Å²) in [6, 6.07) is 5.80. The van der Waals surface area contributed by atoms with E-state index in [-0.39, 0.29) is 0 Å². The summed E-state index contributed by atoms with van der Waals surface area (Å²) >= 11 is 0. The lowest BCUT2D eigenvalue weighted by Crippen LogP contribution is -2.38. The number of hydrogen-bond donors (Lipinski definition) is 2. The molecule has 25 heavy (non-hydrogen) atoms. The molecule has 1 fully saturated rings. The molecular formula is C19H32N4O2. The minimum atomic E-state index is 0.614. The van der Waals surface area contributed by atoms with Gasteiger partial charge in [0.2, 0.25) is 0 Å². The van der Waals surface area contributed by atoms with Gasteiger partial charge in [0.05, 0.1) is 13.7 Å². The standard InChI is InChI=1S/C19H32N4O2/c1-4-25-17-10-9-16(15-18(17)24-3)22-19(20-2)21-11-14-23-12-7-5-6-8-13-23/h9-10,15H,4-8,11-14H2,1-3H3,(H2,20,21,22). The van der Waals surface area contributed by atoms with Gasteiger partial charge in [0.1, 0.15) is 0 Å². The molecule has 2 N–H and O–H groups in total. The summed E-state index contributed by atoms with van der Waals surface area (Å²) in [5, 5.41) is 6.70. The Morgan fingerprint density at radius 3 is 2.56 bits per heavy atom. The highest BCUT2D eigenvalue weighted by Gasteiger charge is 2.09. The van der Waals surface area contributed by atoms with Crippen molar-refractivity contribution in [3.05, 3.63) is 18.2 Å². The summed E-state index contributed by atoms with van der Waals surface area (Å²) in [6.45, 7) is 6.93. The van der Waals surface area contributed by atoms with Crippen molar-refractivity contribution in [1.82, 2.24) is 10.2 Å². The highest BCUT2D eigenvalue weighted by molar-refractivity contribution is 5.93. The topological polar surface area (TPSA) is 58.1 Å². The van der Waals surface area contributed by atoms with Crippen molar-refractivity contribution < 1.29 is 9.47 Å². The molecule has 1 aliphatic rings. The molecule has 1 aliphatic heterocycles. The Morgan fingerprint density at radius 2 is 1.92 bits per heavy atom. The van der Waals surface area contributed by atoms with Crippen LogP contribution in [0.25, 0.3) is 0 Å². The molecule has 0 unspecified atom stereocenters. The number of methoxy groups -OCH3 is 1. The fourth-order valence-corrected chi connectivity index (χ4v) is 3.03. The second-order valence-corrected chi connectivity index (χ2v) is 6.18. The molecule has 1 aromatic rings. The molecule has 1 heterocycles. The van der Waals surface area contributed by atoms with Gasteiger partial charge in [-0.2, -0.15) is 0 Å². The first-order valence-electron chi connectivity index (χ1n) is 9.27. The smallest absolute Gasteiger partial charge is 0.195 e. The Kier molecular flexibility index (Phi) is 8.39. The molecular weight excluding hydrogens is 316 g/mol. The van der Waals surface area contributed by atoms with Crippen molar-refractivity contribution in [2.24, 2.45) is 4.99 Å². The van der Waals surface area contributed by atoms with Crippen LogP contribution in [0, 0.1) is 0 Å². The van der Waals surface area contributed by atoms with Crippen LogP contribution in [0.15, 0.2) is 23.2 Å². The van der Waals surface area contributed by atoms with Crippen LogP contribution >= 0.6 is 0 Å². The Morgan fingerprint density at radius 1 is 1.16 bits per heavy atom. The van der Waals surface area contributed by atoms with E-state index in [0.29, 0.717) is 12.4 Å². The highest BCUT2D eigenvalue weighted by Crippen LogP contribution is 2.30. The van der Waals surface area contributed by atoms with E-state index in [4.69, 9.17) is 9.47 Å². The maximum absolute atomic E-state index is 5.55. The first-order chi connectivity index (χ1) is 12.3. The van der Waals surface area contributed by atoms with Crippen molar-refractivity contribution in [3.8, 4) is 11.5 Å². The Balaban J connectivity index is 1.84. The van der Waals surface area contributed by atoms with Crippen LogP contribution < -0.4 is 20.1 Å². The number of ether oxygens (including phenoxy) is 2. The second-order valence-electron chi connectivity index (χ2n) is 6.18. The Hall–Kier alpha value is -1.95. The molecule has 0 spiro atoms. The van der Waals surface area contributed by atoms with Crippen LogP contribution in [0.3, 0.4) is 0 Å². The number of nitrogens with one attached hydrogen (secondary N) is 2. The monoisotopic (exact) mass is 348 g/mol. The van der Waals surface area contributed by atoms with Gasteiger partial charge in [-0.1, -0.05) is 12.8 Å². The average Bonchev–Trinajstić information content (AvgIpc) is 2.91. The first kappa shape index (κ1) is 19.4. The zero-order chi connectivity index (χ0) is 17.9. The summed E-state index contributed by atoms with van der Waals surface area (Å²) in [4.78, 5) is 6.84. The molecule has 6 nitrogen and oxygen atoms in total. The summed E-state index contributed by atoms with van der Waals surface area (Å²) in [5.41, 5.74) is 0.920. The van der Waals surface area contributed by atoms with Crippen LogP contribution in [0.4, 0.5) is 5.69 Å². The third-order valence-electron chi connectivity index (χ3n) is 4.37. The first-order valence-corrected chi connectivity index (χ1v) is 9.27. The van der Waals surface area contributed by atoms with Crippen molar-refractivity contribution in [1.29, 1.82) is 0 Å². The van der Waals surface area contributed by atoms with E-state index in [2.05, 4.69) is 20.5 Å². The van der Waals surface area contributed by atoms with Gasteiger partial charge >= 0.3 is 0 Å². The number of rotatable bonds is 7. The zero-order valence-corrected chi connectivity index (χ0v) is 15.8. The number of benzene rings is 1. The molecule has 6 heteroatoms. The van der Waals surface area contributed by atoms with E-state index < -0.39 is 0 Å². The number of aliphatic imine (C=N–C) groups is 1. The van der Waals surface area contributed by atoms with Gasteiger partial charge in [-0.15, -0.1) is 0 Å². The van der Waals surface area contributed by atoms with Gasteiger partial charge in [0, 0.05) is 31.9 Å². The quantitative estimate of drug-likeness (QED) is 0.586. The van der Waals surface area contributed by atoms with Crippen LogP contribution in [0.2, 0.25) is 0 Å². The molecule has 1 saturated heterocycles. The lowest BCUT2D eigenvalue weighted by Gasteiger charge is -2.21. The molecule has 0 bridgehead atoms. The summed E-state index contributed by atoms with van der Waals surface area (Å²) in [7, 11) is 3.43. The second kappa shape index (κ2) is 10.8. The zero-order valence-electron chi connectivity index (χ0n) is 15.8. The van der Waals surface area contributed by atoms with Crippen LogP contribution in [-0.4, -0.2) is 57.8 Å². The Bertz CT molecular complexity index is 540. The predicted octanol–water partition coefficient (Wildman–Crippen LogP) is 2.96. The lowest BCUT2D eigenvalue weighted by molar-refractivity contribution is 0.289. The van der Waals surface area contributed by atoms with Gasteiger partial charge in [-0.3, -0.25) is 4.99 Å². The molecule has 0 aromatic heterocycles. The molecule has 0 amide bonds. The fraction of sp³-hybridized carbons (Fsp3) is 0.632. The summed E-state index contributed by atoms with van der Waals surface area (Å²) in [6.07, 6.45) is 5.37. The normalized spacial score (nSPS) is 16.2. The number of hydrogen-bond acceptors (Lipinski definition) is 4. The summed E-state index contributed by atoms with van der Waals surface area (Å²) < 4.78 is 10.9. The summed E-state index contributed by atoms with van der Waals surface area (Å²) in [5.74, 6) is 2.23. The van der Waals surface area contributed by atoms with Crippen molar-refractivity contribution in [2.75, 3.05) is 52.3 Å². The lowest BCUT2D eigenvalue weighted by atomic mass is 10.2. The van der Waals surface area contributed by atoms with Crippen LogP contribution in [0.5, 0.6) is 11.5 Å². The highest BCUT2D eigenvalue weighted by atomic mass is 16.5. The van der Waals surface area contributed by atoms with Gasteiger partial charge in [0.25, 0.3) is 0 Å². The molecule has 0 aliphatic carbocycles.